The molecule has 2 aliphatic heterocycles. The van der Waals surface area contributed by atoms with Crippen LogP contribution in [0.3, 0.4) is 0 Å². The number of benzene rings is 1. The Kier molecular flexibility index (Phi) is 7.24. The summed E-state index contributed by atoms with van der Waals surface area (Å²) in [6, 6.07) is 7.12. The van der Waals surface area contributed by atoms with Crippen molar-refractivity contribution in [3.05, 3.63) is 47.2 Å². The number of amides is 3. The van der Waals surface area contributed by atoms with Gasteiger partial charge in [0.2, 0.25) is 5.91 Å². The van der Waals surface area contributed by atoms with Crippen LogP contribution in [0.25, 0.3) is 0 Å². The van der Waals surface area contributed by atoms with E-state index >= 15 is 0 Å². The van der Waals surface area contributed by atoms with E-state index in [4.69, 9.17) is 9.47 Å². The Morgan fingerprint density at radius 1 is 1.19 bits per heavy atom. The molecule has 1 aromatic rings. The van der Waals surface area contributed by atoms with Gasteiger partial charge in [-0.15, -0.1) is 0 Å². The van der Waals surface area contributed by atoms with Crippen molar-refractivity contribution < 1.29 is 28.7 Å². The molecule has 3 rings (SSSR count). The van der Waals surface area contributed by atoms with Gasteiger partial charge in [0.15, 0.2) is 0 Å². The number of ether oxygens (including phenoxy) is 2. The number of piperazine rings is 1. The molecule has 10 heteroatoms. The van der Waals surface area contributed by atoms with E-state index in [2.05, 4.69) is 16.0 Å². The smallest absolute Gasteiger partial charge is 0.338 e. The average molecular weight is 430 g/mol. The Morgan fingerprint density at radius 3 is 2.61 bits per heavy atom. The van der Waals surface area contributed by atoms with Crippen molar-refractivity contribution in [1.29, 1.82) is 0 Å². The first-order chi connectivity index (χ1) is 14.9. The topological polar surface area (TPSA) is 126 Å². The van der Waals surface area contributed by atoms with Gasteiger partial charge in [0.25, 0.3) is 0 Å². The van der Waals surface area contributed by atoms with E-state index in [-0.39, 0.29) is 31.1 Å². The maximum absolute atomic E-state index is 12.9. The highest BCUT2D eigenvalue weighted by atomic mass is 16.5. The van der Waals surface area contributed by atoms with Crippen molar-refractivity contribution in [3.8, 4) is 0 Å². The minimum Gasteiger partial charge on any atom is -0.469 e. The largest absolute Gasteiger partial charge is 0.469 e. The van der Waals surface area contributed by atoms with E-state index in [0.29, 0.717) is 18.8 Å². The summed E-state index contributed by atoms with van der Waals surface area (Å²) in [5.74, 6) is -1.40. The molecule has 0 aliphatic carbocycles. The first-order valence-electron chi connectivity index (χ1n) is 10.1. The van der Waals surface area contributed by atoms with Crippen LogP contribution in [-0.4, -0.2) is 68.2 Å². The predicted molar refractivity (Wildman–Crippen MR) is 110 cm³/mol. The Morgan fingerprint density at radius 2 is 1.94 bits per heavy atom. The van der Waals surface area contributed by atoms with E-state index in [0.717, 1.165) is 5.56 Å². The monoisotopic (exact) mass is 430 g/mol. The van der Waals surface area contributed by atoms with Crippen LogP contribution in [0.1, 0.15) is 24.9 Å². The van der Waals surface area contributed by atoms with Crippen LogP contribution in [0.15, 0.2) is 41.6 Å². The number of esters is 2. The minimum atomic E-state index is -0.779. The molecule has 1 saturated heterocycles. The number of hydrogen-bond acceptors (Lipinski definition) is 7. The Labute approximate surface area is 179 Å². The number of carbonyl (C=O) groups is 4. The van der Waals surface area contributed by atoms with Crippen molar-refractivity contribution in [2.75, 3.05) is 33.4 Å². The highest BCUT2D eigenvalue weighted by Crippen LogP contribution is 2.28. The first-order valence-corrected chi connectivity index (χ1v) is 10.1. The molecule has 0 saturated carbocycles. The second-order valence-electron chi connectivity index (χ2n) is 7.11. The maximum Gasteiger partial charge on any atom is 0.338 e. The summed E-state index contributed by atoms with van der Waals surface area (Å²) in [4.78, 5) is 51.2. The van der Waals surface area contributed by atoms with Crippen molar-refractivity contribution in [1.82, 2.24) is 20.9 Å². The SMILES string of the molecule is CCOC(=O)C1=C(CN2CCNC(=O)C2CC(=O)OC)NC(=O)NC1c1ccccc1. The van der Waals surface area contributed by atoms with Gasteiger partial charge in [-0.1, -0.05) is 30.3 Å². The average Bonchev–Trinajstić information content (AvgIpc) is 2.76. The molecule has 2 heterocycles. The molecule has 31 heavy (non-hydrogen) atoms. The van der Waals surface area contributed by atoms with Gasteiger partial charge in [-0.3, -0.25) is 14.5 Å². The third-order valence-electron chi connectivity index (χ3n) is 5.17. The second-order valence-corrected chi connectivity index (χ2v) is 7.11. The summed E-state index contributed by atoms with van der Waals surface area (Å²) in [6.07, 6.45) is -0.140. The molecule has 166 valence electrons. The third-order valence-corrected chi connectivity index (χ3v) is 5.17. The molecule has 2 unspecified atom stereocenters. The first kappa shape index (κ1) is 22.3. The van der Waals surface area contributed by atoms with Gasteiger partial charge in [-0.2, -0.15) is 0 Å². The summed E-state index contributed by atoms with van der Waals surface area (Å²) in [6.45, 7) is 2.77. The van der Waals surface area contributed by atoms with Crippen molar-refractivity contribution in [3.63, 3.8) is 0 Å². The normalized spacial score (nSPS) is 21.6. The van der Waals surface area contributed by atoms with Gasteiger partial charge < -0.3 is 25.4 Å². The van der Waals surface area contributed by atoms with Gasteiger partial charge in [0.1, 0.15) is 6.04 Å². The van der Waals surface area contributed by atoms with Crippen LogP contribution in [-0.2, 0) is 23.9 Å². The number of methoxy groups -OCH3 is 1. The van der Waals surface area contributed by atoms with E-state index in [9.17, 15) is 19.2 Å². The number of carbonyl (C=O) groups excluding carboxylic acids is 4. The summed E-state index contributed by atoms with van der Waals surface area (Å²) in [7, 11) is 1.26. The van der Waals surface area contributed by atoms with Crippen LogP contribution >= 0.6 is 0 Å². The minimum absolute atomic E-state index is 0.0833. The van der Waals surface area contributed by atoms with Crippen LogP contribution in [0.2, 0.25) is 0 Å². The maximum atomic E-state index is 12.9. The van der Waals surface area contributed by atoms with Crippen molar-refractivity contribution >= 4 is 23.9 Å². The fourth-order valence-corrected chi connectivity index (χ4v) is 3.71. The summed E-state index contributed by atoms with van der Waals surface area (Å²) in [5.41, 5.74) is 1.32. The quantitative estimate of drug-likeness (QED) is 0.528. The molecule has 1 aromatic carbocycles. The van der Waals surface area contributed by atoms with Gasteiger partial charge in [0.05, 0.1) is 31.8 Å². The predicted octanol–water partition coefficient (Wildman–Crippen LogP) is 0.221. The molecule has 0 radical (unpaired) electrons. The Bertz CT molecular complexity index is 885. The third kappa shape index (κ3) is 5.21. The Hall–Kier alpha value is -3.40. The van der Waals surface area contributed by atoms with Crippen molar-refractivity contribution in [2.45, 2.75) is 25.4 Å². The lowest BCUT2D eigenvalue weighted by Gasteiger charge is -2.37. The molecule has 0 bridgehead atoms. The van der Waals surface area contributed by atoms with E-state index in [1.165, 1.54) is 7.11 Å². The molecule has 3 amide bonds. The van der Waals surface area contributed by atoms with E-state index in [1.807, 2.05) is 30.3 Å². The number of nitrogens with one attached hydrogen (secondary N) is 3. The van der Waals surface area contributed by atoms with Gasteiger partial charge in [-0.25, -0.2) is 9.59 Å². The number of hydrogen-bond donors (Lipinski definition) is 3. The molecule has 0 spiro atoms. The van der Waals surface area contributed by atoms with E-state index < -0.39 is 30.1 Å². The number of rotatable bonds is 7. The molecular formula is C21H26N4O6. The molecule has 3 N–H and O–H groups in total. The molecule has 10 nitrogen and oxygen atoms in total. The highest BCUT2D eigenvalue weighted by Gasteiger charge is 2.37. The highest BCUT2D eigenvalue weighted by molar-refractivity contribution is 5.95. The van der Waals surface area contributed by atoms with Crippen LogP contribution in [0, 0.1) is 0 Å². The lowest BCUT2D eigenvalue weighted by molar-refractivity contribution is -0.145. The molecule has 0 aromatic heterocycles. The zero-order valence-corrected chi connectivity index (χ0v) is 17.5. The summed E-state index contributed by atoms with van der Waals surface area (Å²) in [5, 5.41) is 8.20. The lowest BCUT2D eigenvalue weighted by atomic mass is 9.94. The fraction of sp³-hybridized carbons (Fsp3) is 0.429. The van der Waals surface area contributed by atoms with Gasteiger partial charge in [-0.05, 0) is 12.5 Å². The fourth-order valence-electron chi connectivity index (χ4n) is 3.71. The van der Waals surface area contributed by atoms with Crippen molar-refractivity contribution in [2.24, 2.45) is 0 Å². The summed E-state index contributed by atoms with van der Waals surface area (Å²) >= 11 is 0. The lowest BCUT2D eigenvalue weighted by Crippen LogP contribution is -2.58. The van der Waals surface area contributed by atoms with Gasteiger partial charge >= 0.3 is 18.0 Å². The van der Waals surface area contributed by atoms with E-state index in [1.54, 1.807) is 11.8 Å². The number of nitrogens with zero attached hydrogens (tertiary/aromatic N) is 1. The van der Waals surface area contributed by atoms with Crippen LogP contribution in [0.4, 0.5) is 4.79 Å². The zero-order chi connectivity index (χ0) is 22.4. The van der Waals surface area contributed by atoms with Gasteiger partial charge in [0, 0.05) is 25.3 Å². The molecule has 1 fully saturated rings. The molecule has 2 aliphatic rings. The standard InChI is InChI=1S/C21H26N4O6/c1-3-31-20(28)17-14(23-21(29)24-18(17)13-7-5-4-6-8-13)12-25-10-9-22-19(27)15(25)11-16(26)30-2/h4-8,15,18H,3,9-12H2,1-2H3,(H,22,27)(H2,23,24,29). The molecular weight excluding hydrogens is 404 g/mol. The molecule has 2 atom stereocenters. The number of urea groups is 1. The summed E-state index contributed by atoms with van der Waals surface area (Å²) < 4.78 is 9.97. The zero-order valence-electron chi connectivity index (χ0n) is 17.5. The van der Waals surface area contributed by atoms with Crippen LogP contribution < -0.4 is 16.0 Å². The van der Waals surface area contributed by atoms with Crippen LogP contribution in [0.5, 0.6) is 0 Å². The second kappa shape index (κ2) is 10.1. The Balaban J connectivity index is 1.98.